The number of halogens is 1. The van der Waals surface area contributed by atoms with Crippen molar-refractivity contribution in [2.24, 2.45) is 5.73 Å². The van der Waals surface area contributed by atoms with E-state index >= 15 is 0 Å². The standard InChI is InChI=1S/C14H11ClN4O2S/c15-8-1-2-11(10(5-8)13(16)21)17-7-9-6-12(20)19-3-4-22-14(19)18-9/h1-6,17H,7H2,(H2,16,21). The van der Waals surface area contributed by atoms with Crippen molar-refractivity contribution < 1.29 is 4.79 Å². The number of hydrogen-bond donors (Lipinski definition) is 2. The number of carbonyl (C=O) groups excluding carboxylic acids is 1. The van der Waals surface area contributed by atoms with Crippen molar-refractivity contribution in [1.29, 1.82) is 0 Å². The van der Waals surface area contributed by atoms with Gasteiger partial charge < -0.3 is 11.1 Å². The van der Waals surface area contributed by atoms with E-state index in [0.717, 1.165) is 0 Å². The van der Waals surface area contributed by atoms with Crippen molar-refractivity contribution in [3.8, 4) is 0 Å². The maximum absolute atomic E-state index is 11.9. The first-order chi connectivity index (χ1) is 10.5. The van der Waals surface area contributed by atoms with Gasteiger partial charge >= 0.3 is 0 Å². The highest BCUT2D eigenvalue weighted by Gasteiger charge is 2.10. The average Bonchev–Trinajstić information content (AvgIpc) is 2.94. The van der Waals surface area contributed by atoms with E-state index in [1.165, 1.54) is 27.9 Å². The number of anilines is 1. The number of amides is 1. The van der Waals surface area contributed by atoms with E-state index in [1.807, 2.05) is 0 Å². The number of primary amides is 1. The molecule has 22 heavy (non-hydrogen) atoms. The molecule has 2 heterocycles. The van der Waals surface area contributed by atoms with Crippen LogP contribution in [-0.2, 0) is 6.54 Å². The van der Waals surface area contributed by atoms with Gasteiger partial charge in [0.15, 0.2) is 4.96 Å². The number of fused-ring (bicyclic) bond motifs is 1. The van der Waals surface area contributed by atoms with Crippen LogP contribution in [0.5, 0.6) is 0 Å². The first kappa shape index (κ1) is 14.6. The fraction of sp³-hybridized carbons (Fsp3) is 0.0714. The Balaban J connectivity index is 1.88. The molecule has 0 saturated carbocycles. The van der Waals surface area contributed by atoms with Crippen LogP contribution in [0.2, 0.25) is 5.02 Å². The first-order valence-electron chi connectivity index (χ1n) is 6.33. The fourth-order valence-corrected chi connectivity index (χ4v) is 2.95. The Hall–Kier alpha value is -2.38. The molecule has 3 N–H and O–H groups in total. The van der Waals surface area contributed by atoms with Crippen LogP contribution in [-0.4, -0.2) is 15.3 Å². The summed E-state index contributed by atoms with van der Waals surface area (Å²) >= 11 is 7.24. The zero-order valence-electron chi connectivity index (χ0n) is 11.2. The van der Waals surface area contributed by atoms with Crippen LogP contribution in [0.3, 0.4) is 0 Å². The van der Waals surface area contributed by atoms with E-state index in [0.29, 0.717) is 33.5 Å². The molecular weight excluding hydrogens is 324 g/mol. The van der Waals surface area contributed by atoms with Gasteiger partial charge in [-0.25, -0.2) is 4.98 Å². The van der Waals surface area contributed by atoms with E-state index in [4.69, 9.17) is 17.3 Å². The summed E-state index contributed by atoms with van der Waals surface area (Å²) in [5, 5.41) is 5.28. The topological polar surface area (TPSA) is 89.5 Å². The molecule has 6 nitrogen and oxygen atoms in total. The summed E-state index contributed by atoms with van der Waals surface area (Å²) in [6.45, 7) is 0.297. The number of benzene rings is 1. The maximum atomic E-state index is 11.9. The second-order valence-corrected chi connectivity index (χ2v) is 5.86. The normalized spacial score (nSPS) is 10.8. The maximum Gasteiger partial charge on any atom is 0.258 e. The molecule has 0 unspecified atom stereocenters. The van der Waals surface area contributed by atoms with Gasteiger partial charge in [-0.3, -0.25) is 14.0 Å². The van der Waals surface area contributed by atoms with Crippen molar-refractivity contribution in [2.45, 2.75) is 6.54 Å². The summed E-state index contributed by atoms with van der Waals surface area (Å²) in [6, 6.07) is 6.27. The molecule has 0 aliphatic heterocycles. The Morgan fingerprint density at radius 3 is 3.00 bits per heavy atom. The van der Waals surface area contributed by atoms with Gasteiger partial charge in [0.1, 0.15) is 0 Å². The van der Waals surface area contributed by atoms with Gasteiger partial charge in [-0.1, -0.05) is 11.6 Å². The molecule has 0 atom stereocenters. The third-order valence-electron chi connectivity index (χ3n) is 3.06. The highest BCUT2D eigenvalue weighted by atomic mass is 35.5. The number of nitrogens with zero attached hydrogens (tertiary/aromatic N) is 2. The smallest absolute Gasteiger partial charge is 0.258 e. The van der Waals surface area contributed by atoms with Crippen molar-refractivity contribution in [2.75, 3.05) is 5.32 Å². The molecule has 0 saturated heterocycles. The number of nitrogens with one attached hydrogen (secondary N) is 1. The Morgan fingerprint density at radius 1 is 1.41 bits per heavy atom. The van der Waals surface area contributed by atoms with Gasteiger partial charge in [-0.05, 0) is 18.2 Å². The Kier molecular flexibility index (Phi) is 3.82. The Morgan fingerprint density at radius 2 is 2.23 bits per heavy atom. The van der Waals surface area contributed by atoms with Gasteiger partial charge in [-0.15, -0.1) is 11.3 Å². The molecule has 2 aromatic heterocycles. The molecule has 3 aromatic rings. The highest BCUT2D eigenvalue weighted by molar-refractivity contribution is 7.15. The van der Waals surface area contributed by atoms with E-state index < -0.39 is 5.91 Å². The zero-order valence-corrected chi connectivity index (χ0v) is 12.8. The van der Waals surface area contributed by atoms with Gasteiger partial charge in [-0.2, -0.15) is 0 Å². The van der Waals surface area contributed by atoms with E-state index in [-0.39, 0.29) is 5.56 Å². The lowest BCUT2D eigenvalue weighted by Crippen LogP contribution is -2.17. The quantitative estimate of drug-likeness (QED) is 0.764. The number of hydrogen-bond acceptors (Lipinski definition) is 5. The summed E-state index contributed by atoms with van der Waals surface area (Å²) in [5.41, 5.74) is 6.61. The van der Waals surface area contributed by atoms with Crippen LogP contribution in [0.15, 0.2) is 40.6 Å². The van der Waals surface area contributed by atoms with Crippen LogP contribution in [0.25, 0.3) is 4.96 Å². The van der Waals surface area contributed by atoms with Gasteiger partial charge in [0.05, 0.1) is 17.8 Å². The highest BCUT2D eigenvalue weighted by Crippen LogP contribution is 2.20. The summed E-state index contributed by atoms with van der Waals surface area (Å²) in [6.07, 6.45) is 1.68. The summed E-state index contributed by atoms with van der Waals surface area (Å²) in [7, 11) is 0. The largest absolute Gasteiger partial charge is 0.379 e. The molecule has 0 aliphatic rings. The van der Waals surface area contributed by atoms with Crippen LogP contribution in [0.4, 0.5) is 5.69 Å². The van der Waals surface area contributed by atoms with Crippen molar-refractivity contribution in [3.05, 3.63) is 62.5 Å². The number of thiazole rings is 1. The lowest BCUT2D eigenvalue weighted by atomic mass is 10.1. The molecule has 1 amide bonds. The molecule has 0 aliphatic carbocycles. The Bertz CT molecular complexity index is 919. The van der Waals surface area contributed by atoms with Gasteiger partial charge in [0, 0.05) is 28.4 Å². The minimum absolute atomic E-state index is 0.144. The van der Waals surface area contributed by atoms with Crippen molar-refractivity contribution >= 4 is 39.5 Å². The predicted octanol–water partition coefficient (Wildman–Crippen LogP) is 2.12. The SMILES string of the molecule is NC(=O)c1cc(Cl)ccc1NCc1cc(=O)n2ccsc2n1. The second-order valence-electron chi connectivity index (χ2n) is 4.55. The predicted molar refractivity (Wildman–Crippen MR) is 86.6 cm³/mol. The van der Waals surface area contributed by atoms with Gasteiger partial charge in [0.2, 0.25) is 0 Å². The molecule has 3 rings (SSSR count). The molecule has 0 spiro atoms. The van der Waals surface area contributed by atoms with E-state index in [9.17, 15) is 9.59 Å². The third-order valence-corrected chi connectivity index (χ3v) is 4.05. The molecule has 0 radical (unpaired) electrons. The van der Waals surface area contributed by atoms with Crippen LogP contribution < -0.4 is 16.6 Å². The molecule has 112 valence electrons. The van der Waals surface area contributed by atoms with Crippen molar-refractivity contribution in [1.82, 2.24) is 9.38 Å². The molecule has 0 bridgehead atoms. The molecular formula is C14H11ClN4O2S. The van der Waals surface area contributed by atoms with Crippen LogP contribution >= 0.6 is 22.9 Å². The second kappa shape index (κ2) is 5.78. The van der Waals surface area contributed by atoms with Crippen LogP contribution in [0.1, 0.15) is 16.1 Å². The minimum Gasteiger partial charge on any atom is -0.379 e. The third kappa shape index (κ3) is 2.81. The lowest BCUT2D eigenvalue weighted by Gasteiger charge is -2.10. The van der Waals surface area contributed by atoms with Crippen molar-refractivity contribution in [3.63, 3.8) is 0 Å². The molecule has 8 heteroatoms. The molecule has 1 aromatic carbocycles. The summed E-state index contributed by atoms with van der Waals surface area (Å²) in [5.74, 6) is -0.577. The Labute approximate surface area is 134 Å². The van der Waals surface area contributed by atoms with Gasteiger partial charge in [0.25, 0.3) is 11.5 Å². The number of nitrogens with two attached hydrogens (primary N) is 1. The zero-order chi connectivity index (χ0) is 15.7. The number of aromatic nitrogens is 2. The first-order valence-corrected chi connectivity index (χ1v) is 7.59. The van der Waals surface area contributed by atoms with E-state index in [1.54, 1.807) is 23.7 Å². The lowest BCUT2D eigenvalue weighted by molar-refractivity contribution is 0.100. The monoisotopic (exact) mass is 334 g/mol. The fourth-order valence-electron chi connectivity index (χ4n) is 2.04. The number of carbonyl (C=O) groups is 1. The molecule has 0 fully saturated rings. The van der Waals surface area contributed by atoms with Crippen LogP contribution in [0, 0.1) is 0 Å². The minimum atomic E-state index is -0.577. The number of rotatable bonds is 4. The summed E-state index contributed by atoms with van der Waals surface area (Å²) in [4.78, 5) is 28.3. The summed E-state index contributed by atoms with van der Waals surface area (Å²) < 4.78 is 1.48. The average molecular weight is 335 g/mol. The van der Waals surface area contributed by atoms with E-state index in [2.05, 4.69) is 10.3 Å².